The van der Waals surface area contributed by atoms with Crippen molar-refractivity contribution in [3.63, 3.8) is 0 Å². The third kappa shape index (κ3) is 8.87. The zero-order valence-electron chi connectivity index (χ0n) is 35.4. The molecule has 50 heavy (non-hydrogen) atoms. The molecule has 0 aliphatic heterocycles. The van der Waals surface area contributed by atoms with E-state index in [0.29, 0.717) is 0 Å². The maximum Gasteiger partial charge on any atom is 0.856 e. The van der Waals surface area contributed by atoms with E-state index >= 15 is 0 Å². The Bertz CT molecular complexity index is 1110. The van der Waals surface area contributed by atoms with Crippen LogP contribution in [-0.2, 0) is 0 Å². The van der Waals surface area contributed by atoms with Crippen molar-refractivity contribution in [3.05, 3.63) is 24.3 Å². The predicted octanol–water partition coefficient (Wildman–Crippen LogP) is 10.9. The molecule has 0 aromatic heterocycles. The van der Waals surface area contributed by atoms with Crippen molar-refractivity contribution >= 4 is 67.9 Å². The maximum atomic E-state index is 7.77. The molecule has 0 saturated heterocycles. The third-order valence-corrected chi connectivity index (χ3v) is 38.4. The first-order chi connectivity index (χ1) is 24.0. The molecule has 0 N–H and O–H groups in total. The second-order valence-corrected chi connectivity index (χ2v) is 37.7. The molecule has 2 rings (SSSR count). The van der Waals surface area contributed by atoms with Crippen LogP contribution in [0.25, 0.3) is 0 Å². The summed E-state index contributed by atoms with van der Waals surface area (Å²) in [6.45, 7) is 31.4. The molecule has 0 unspecified atom stereocenters. The smallest absolute Gasteiger partial charge is 0.612 e. The molecular formula is C41H77AlO4Si4. The number of hydrogen-bond acceptors (Lipinski definition) is 4. The van der Waals surface area contributed by atoms with E-state index < -0.39 is 47.1 Å². The molecule has 0 amide bonds. The van der Waals surface area contributed by atoms with Crippen LogP contribution in [-0.4, -0.2) is 61.3 Å². The van der Waals surface area contributed by atoms with Gasteiger partial charge in [-0.15, -0.1) is 0 Å². The molecule has 0 radical (unpaired) electrons. The molecule has 0 aliphatic carbocycles. The average Bonchev–Trinajstić information content (AvgIpc) is 3.16. The van der Waals surface area contributed by atoms with E-state index in [4.69, 9.17) is 17.1 Å². The highest BCUT2D eigenvalue weighted by Crippen LogP contribution is 2.35. The highest BCUT2D eigenvalue weighted by molar-refractivity contribution is 6.97. The first-order valence-electron chi connectivity index (χ1n) is 20.8. The Morgan fingerprint density at radius 3 is 0.780 bits per heavy atom. The van der Waals surface area contributed by atoms with Gasteiger partial charge in [0.15, 0.2) is 0 Å². The highest BCUT2D eigenvalue weighted by atomic mass is 28.3. The van der Waals surface area contributed by atoms with Gasteiger partial charge in [-0.05, 0) is 50.3 Å². The minimum atomic E-state index is -2.26. The molecule has 9 heteroatoms. The van der Waals surface area contributed by atoms with Gasteiger partial charge in [0, 0.05) is 0 Å². The van der Waals surface area contributed by atoms with Crippen LogP contribution in [0.4, 0.5) is 0 Å². The minimum Gasteiger partial charge on any atom is -0.612 e. The van der Waals surface area contributed by atoms with E-state index in [1.54, 1.807) is 0 Å². The van der Waals surface area contributed by atoms with Crippen LogP contribution in [0.2, 0.25) is 77.8 Å². The van der Waals surface area contributed by atoms with Crippen molar-refractivity contribution in [1.29, 1.82) is 0 Å². The monoisotopic (exact) mass is 772 g/mol. The predicted molar refractivity (Wildman–Crippen MR) is 235 cm³/mol. The fourth-order valence-electron chi connectivity index (χ4n) is 9.20. The Kier molecular flexibility index (Phi) is 18.5. The summed E-state index contributed by atoms with van der Waals surface area (Å²) in [6.07, 6.45) is 1.06. The molecule has 0 atom stereocenters. The second kappa shape index (κ2) is 20.5. The van der Waals surface area contributed by atoms with Crippen molar-refractivity contribution in [3.8, 4) is 23.0 Å². The van der Waals surface area contributed by atoms with Crippen molar-refractivity contribution in [2.45, 2.75) is 174 Å². The van der Waals surface area contributed by atoms with Gasteiger partial charge in [0.2, 0.25) is 0 Å². The minimum absolute atomic E-state index is 0.992. The summed E-state index contributed by atoms with van der Waals surface area (Å²) in [5.41, 5.74) is 0. The third-order valence-electron chi connectivity index (χ3n) is 14.0. The van der Waals surface area contributed by atoms with E-state index in [-0.39, 0.29) is 0 Å². The second-order valence-electron chi connectivity index (χ2n) is 14.9. The summed E-state index contributed by atoms with van der Waals surface area (Å²) in [5.74, 6) is 4.50. The number of benzene rings is 2. The summed E-state index contributed by atoms with van der Waals surface area (Å²) in [6, 6.07) is 24.2. The number of rotatable bonds is 24. The average molecular weight is 773 g/mol. The fourth-order valence-corrected chi connectivity index (χ4v) is 26.8. The van der Waals surface area contributed by atoms with Gasteiger partial charge in [-0.2, -0.15) is 0 Å². The highest BCUT2D eigenvalue weighted by Gasteiger charge is 2.45. The van der Waals surface area contributed by atoms with Gasteiger partial charge in [-0.3, -0.25) is 0 Å². The fraction of sp³-hybridized carbons (Fsp3) is 0.707. The zero-order valence-corrected chi connectivity index (χ0v) is 40.6. The topological polar surface area (TPSA) is 36.9 Å². The van der Waals surface area contributed by atoms with Crippen LogP contribution in [0.15, 0.2) is 24.3 Å². The number of hydrogen-bond donors (Lipinski definition) is 0. The quantitative estimate of drug-likeness (QED) is 0.0996. The lowest BCUT2D eigenvalue weighted by atomic mass is 10.3. The molecule has 0 bridgehead atoms. The molecule has 0 spiro atoms. The maximum absolute atomic E-state index is 7.77. The Morgan fingerprint density at radius 2 is 0.620 bits per heavy atom. The molecule has 2 aromatic rings. The van der Waals surface area contributed by atoms with Crippen LogP contribution >= 0.6 is 0 Å². The normalized spacial score (nSPS) is 12.6. The van der Waals surface area contributed by atoms with E-state index in [0.717, 1.165) is 23.2 Å². The van der Waals surface area contributed by atoms with Gasteiger partial charge < -0.3 is 17.1 Å². The van der Waals surface area contributed by atoms with Crippen LogP contribution < -0.4 is 37.8 Å². The Balaban J connectivity index is 3.15. The standard InChI is InChI=1S/2C19H36O2Si2.C3H7.Al/c2*1-8-22(9-2,10-3)17-14-16(21-7)15-18(19(17)20)23(11-4,12-5)13-6;1-3-2;/h2*14-15,20H,8-13H2,1-7H3;1,3H2,2H3;/q;;;+2/p-2. The lowest BCUT2D eigenvalue weighted by Gasteiger charge is -2.39. The summed E-state index contributed by atoms with van der Waals surface area (Å²) in [4.78, 5) is 0. The summed E-state index contributed by atoms with van der Waals surface area (Å²) in [5, 5.41) is 6.98. The largest absolute Gasteiger partial charge is 0.856 e. The number of methoxy groups -OCH3 is 2. The van der Waals surface area contributed by atoms with Gasteiger partial charge in [-0.1, -0.05) is 169 Å². The van der Waals surface area contributed by atoms with Crippen molar-refractivity contribution in [2.24, 2.45) is 0 Å². The molecule has 284 valence electrons. The van der Waals surface area contributed by atoms with Gasteiger partial charge in [0.1, 0.15) is 11.5 Å². The molecule has 0 heterocycles. The van der Waals surface area contributed by atoms with E-state index in [1.165, 1.54) is 105 Å². The van der Waals surface area contributed by atoms with Gasteiger partial charge in [0.25, 0.3) is 0 Å². The molecule has 0 aliphatic rings. The lowest BCUT2D eigenvalue weighted by molar-refractivity contribution is 0.409. The Hall–Kier alpha value is -0.960. The van der Waals surface area contributed by atoms with E-state index in [2.05, 4.69) is 114 Å². The first-order valence-corrected chi connectivity index (χ1v) is 33.0. The molecule has 4 nitrogen and oxygen atoms in total. The molecule has 2 aromatic carbocycles. The summed E-state index contributed by atoms with van der Waals surface area (Å²) < 4.78 is 27.8. The summed E-state index contributed by atoms with van der Waals surface area (Å²) in [7, 11) is -3.75. The van der Waals surface area contributed by atoms with Crippen LogP contribution in [0, 0.1) is 0 Å². The van der Waals surface area contributed by atoms with Gasteiger partial charge >= 0.3 is 14.8 Å². The molecule has 0 saturated carbocycles. The number of ether oxygens (including phenoxy) is 2. The van der Waals surface area contributed by atoms with Crippen LogP contribution in [0.5, 0.6) is 23.0 Å². The lowest BCUT2D eigenvalue weighted by Crippen LogP contribution is -2.56. The van der Waals surface area contributed by atoms with Crippen molar-refractivity contribution in [2.75, 3.05) is 14.2 Å². The van der Waals surface area contributed by atoms with Crippen molar-refractivity contribution < 1.29 is 17.1 Å². The van der Waals surface area contributed by atoms with Crippen LogP contribution in [0.1, 0.15) is 96.4 Å². The van der Waals surface area contributed by atoms with E-state index in [9.17, 15) is 0 Å². The zero-order chi connectivity index (χ0) is 37.8. The van der Waals surface area contributed by atoms with E-state index in [1.807, 2.05) is 14.2 Å². The molecule has 0 fully saturated rings. The SMILES string of the molecule is CC[CH2][Al]([O]c1c([Si](CC)(CC)CC)cc(OC)cc1[Si](CC)(CC)CC)[O]c1c([Si](CC)(CC)CC)cc(OC)cc1[Si](CC)(CC)CC. The Labute approximate surface area is 318 Å². The first kappa shape index (κ1) is 45.2. The van der Waals surface area contributed by atoms with Gasteiger partial charge in [0.05, 0.1) is 58.0 Å². The molecular weight excluding hydrogens is 696 g/mol. The Morgan fingerprint density at radius 1 is 0.400 bits per heavy atom. The van der Waals surface area contributed by atoms with Crippen LogP contribution in [0.3, 0.4) is 0 Å². The van der Waals surface area contributed by atoms with Gasteiger partial charge in [-0.25, -0.2) is 0 Å². The van der Waals surface area contributed by atoms with Crippen molar-refractivity contribution in [1.82, 2.24) is 0 Å². The summed E-state index contributed by atoms with van der Waals surface area (Å²) >= 11 is -2.26.